The first-order valence-corrected chi connectivity index (χ1v) is 8.84. The van der Waals surface area contributed by atoms with Crippen LogP contribution in [0.4, 0.5) is 5.69 Å². The van der Waals surface area contributed by atoms with E-state index < -0.39 is 0 Å². The zero-order chi connectivity index (χ0) is 18.7. The predicted octanol–water partition coefficient (Wildman–Crippen LogP) is 3.25. The second-order valence-corrected chi connectivity index (χ2v) is 6.73. The molecule has 0 spiro atoms. The van der Waals surface area contributed by atoms with E-state index in [9.17, 15) is 4.79 Å². The van der Waals surface area contributed by atoms with E-state index in [0.29, 0.717) is 19.6 Å². The number of amides is 1. The fraction of sp³-hybridized carbons (Fsp3) is 0.381. The first kappa shape index (κ1) is 18.3. The minimum Gasteiger partial charge on any atom is -0.496 e. The normalized spacial score (nSPS) is 18.1. The number of rotatable bonds is 5. The summed E-state index contributed by atoms with van der Waals surface area (Å²) in [6.07, 6.45) is 0. The van der Waals surface area contributed by atoms with Gasteiger partial charge in [-0.25, -0.2) is 0 Å². The third-order valence-electron chi connectivity index (χ3n) is 4.95. The van der Waals surface area contributed by atoms with Gasteiger partial charge in [-0.15, -0.1) is 0 Å². The quantitative estimate of drug-likeness (QED) is 0.827. The highest BCUT2D eigenvalue weighted by Gasteiger charge is 2.31. The van der Waals surface area contributed by atoms with Crippen molar-refractivity contribution in [3.63, 3.8) is 0 Å². The Kier molecular flexibility index (Phi) is 5.47. The van der Waals surface area contributed by atoms with E-state index in [0.717, 1.165) is 22.7 Å². The molecule has 1 aliphatic rings. The molecule has 0 unspecified atom stereocenters. The van der Waals surface area contributed by atoms with Crippen molar-refractivity contribution >= 4 is 11.6 Å². The number of methoxy groups -OCH3 is 2. The van der Waals surface area contributed by atoms with Gasteiger partial charge in [0.15, 0.2) is 0 Å². The Morgan fingerprint density at radius 2 is 1.65 bits per heavy atom. The lowest BCUT2D eigenvalue weighted by Gasteiger charge is -2.39. The van der Waals surface area contributed by atoms with Crippen LogP contribution in [0.1, 0.15) is 18.1 Å². The summed E-state index contributed by atoms with van der Waals surface area (Å²) < 4.78 is 11.0. The van der Waals surface area contributed by atoms with Crippen molar-refractivity contribution in [1.82, 2.24) is 4.90 Å². The van der Waals surface area contributed by atoms with Gasteiger partial charge in [0.1, 0.15) is 11.5 Å². The third-order valence-corrected chi connectivity index (χ3v) is 4.95. The number of piperazine rings is 1. The van der Waals surface area contributed by atoms with Crippen LogP contribution in [0.5, 0.6) is 11.5 Å². The molecule has 1 amide bonds. The van der Waals surface area contributed by atoms with Crippen LogP contribution < -0.4 is 14.4 Å². The molecule has 0 bridgehead atoms. The standard InChI is InChI=1S/C21H26N2O3/c1-15-8-10-17(11-9-15)23-12-16(2)22(14-21(23)24)13-18-19(25-3)6-5-7-20(18)26-4/h5-11,16H,12-14H2,1-4H3/t16-/m1/s1. The Labute approximate surface area is 155 Å². The first-order valence-electron chi connectivity index (χ1n) is 8.84. The Bertz CT molecular complexity index is 751. The van der Waals surface area contributed by atoms with Crippen LogP contribution in [0.3, 0.4) is 0 Å². The zero-order valence-corrected chi connectivity index (χ0v) is 15.9. The van der Waals surface area contributed by atoms with E-state index in [1.807, 2.05) is 54.3 Å². The second-order valence-electron chi connectivity index (χ2n) is 6.73. The van der Waals surface area contributed by atoms with Crippen molar-refractivity contribution < 1.29 is 14.3 Å². The summed E-state index contributed by atoms with van der Waals surface area (Å²) in [4.78, 5) is 16.8. The first-order chi connectivity index (χ1) is 12.5. The molecule has 0 saturated carbocycles. The highest BCUT2D eigenvalue weighted by molar-refractivity contribution is 5.95. The van der Waals surface area contributed by atoms with Crippen LogP contribution in [-0.2, 0) is 11.3 Å². The summed E-state index contributed by atoms with van der Waals surface area (Å²) in [5.41, 5.74) is 3.12. The topological polar surface area (TPSA) is 42.0 Å². The molecular weight excluding hydrogens is 328 g/mol. The zero-order valence-electron chi connectivity index (χ0n) is 15.9. The molecule has 138 valence electrons. The van der Waals surface area contributed by atoms with E-state index in [4.69, 9.17) is 9.47 Å². The molecular formula is C21H26N2O3. The van der Waals surface area contributed by atoms with Gasteiger partial charge in [-0.3, -0.25) is 9.69 Å². The molecule has 0 radical (unpaired) electrons. The van der Waals surface area contributed by atoms with Gasteiger partial charge in [0, 0.05) is 24.8 Å². The molecule has 0 aliphatic carbocycles. The van der Waals surface area contributed by atoms with Crippen LogP contribution in [0.2, 0.25) is 0 Å². The average molecular weight is 354 g/mol. The molecule has 1 fully saturated rings. The molecule has 1 saturated heterocycles. The fourth-order valence-electron chi connectivity index (χ4n) is 3.37. The number of benzene rings is 2. The van der Waals surface area contributed by atoms with Crippen molar-refractivity contribution in [3.8, 4) is 11.5 Å². The molecule has 26 heavy (non-hydrogen) atoms. The maximum Gasteiger partial charge on any atom is 0.241 e. The van der Waals surface area contributed by atoms with E-state index in [-0.39, 0.29) is 11.9 Å². The molecule has 5 heteroatoms. The lowest BCUT2D eigenvalue weighted by Crippen LogP contribution is -2.54. The predicted molar refractivity (Wildman–Crippen MR) is 103 cm³/mol. The van der Waals surface area contributed by atoms with E-state index in [1.54, 1.807) is 14.2 Å². The molecule has 3 rings (SSSR count). The highest BCUT2D eigenvalue weighted by atomic mass is 16.5. The lowest BCUT2D eigenvalue weighted by atomic mass is 10.1. The molecule has 0 aromatic heterocycles. The van der Waals surface area contributed by atoms with Gasteiger partial charge in [-0.05, 0) is 38.1 Å². The number of nitrogens with zero attached hydrogens (tertiary/aromatic N) is 2. The molecule has 5 nitrogen and oxygen atoms in total. The number of aryl methyl sites for hydroxylation is 1. The monoisotopic (exact) mass is 354 g/mol. The summed E-state index contributed by atoms with van der Waals surface area (Å²) in [7, 11) is 3.31. The van der Waals surface area contributed by atoms with Crippen LogP contribution in [-0.4, -0.2) is 44.2 Å². The maximum atomic E-state index is 12.8. The number of anilines is 1. The van der Waals surface area contributed by atoms with Crippen LogP contribution in [0, 0.1) is 6.92 Å². The van der Waals surface area contributed by atoms with Crippen molar-refractivity contribution in [2.45, 2.75) is 26.4 Å². The molecule has 1 aliphatic heterocycles. The Morgan fingerprint density at radius 1 is 1.04 bits per heavy atom. The summed E-state index contributed by atoms with van der Waals surface area (Å²) >= 11 is 0. The van der Waals surface area contributed by atoms with Crippen LogP contribution in [0.15, 0.2) is 42.5 Å². The molecule has 2 aromatic rings. The van der Waals surface area contributed by atoms with Gasteiger partial charge in [-0.2, -0.15) is 0 Å². The van der Waals surface area contributed by atoms with Crippen molar-refractivity contribution in [3.05, 3.63) is 53.6 Å². The van der Waals surface area contributed by atoms with E-state index >= 15 is 0 Å². The van der Waals surface area contributed by atoms with Crippen LogP contribution >= 0.6 is 0 Å². The van der Waals surface area contributed by atoms with Crippen molar-refractivity contribution in [2.24, 2.45) is 0 Å². The molecule has 1 atom stereocenters. The summed E-state index contributed by atoms with van der Waals surface area (Å²) in [6.45, 7) is 5.85. The Hall–Kier alpha value is -2.53. The molecule has 1 heterocycles. The molecule has 0 N–H and O–H groups in total. The van der Waals surface area contributed by atoms with Gasteiger partial charge in [0.2, 0.25) is 5.91 Å². The number of ether oxygens (including phenoxy) is 2. The van der Waals surface area contributed by atoms with Gasteiger partial charge in [0.25, 0.3) is 0 Å². The summed E-state index contributed by atoms with van der Waals surface area (Å²) in [5.74, 6) is 1.68. The minimum absolute atomic E-state index is 0.112. The lowest BCUT2D eigenvalue weighted by molar-refractivity contribution is -0.122. The van der Waals surface area contributed by atoms with Gasteiger partial charge in [-0.1, -0.05) is 23.8 Å². The van der Waals surface area contributed by atoms with Gasteiger partial charge in [0.05, 0.1) is 26.3 Å². The number of carbonyl (C=O) groups is 1. The summed E-state index contributed by atoms with van der Waals surface area (Å²) in [6, 6.07) is 14.1. The fourth-order valence-corrected chi connectivity index (χ4v) is 3.37. The highest BCUT2D eigenvalue weighted by Crippen LogP contribution is 2.31. The average Bonchev–Trinajstić information content (AvgIpc) is 2.65. The number of carbonyl (C=O) groups excluding carboxylic acids is 1. The Balaban J connectivity index is 1.78. The summed E-state index contributed by atoms with van der Waals surface area (Å²) in [5, 5.41) is 0. The largest absolute Gasteiger partial charge is 0.496 e. The van der Waals surface area contributed by atoms with Crippen molar-refractivity contribution in [1.29, 1.82) is 0 Å². The molecule has 2 aromatic carbocycles. The number of hydrogen-bond donors (Lipinski definition) is 0. The number of hydrogen-bond acceptors (Lipinski definition) is 4. The van der Waals surface area contributed by atoms with Gasteiger partial charge < -0.3 is 14.4 Å². The van der Waals surface area contributed by atoms with Crippen molar-refractivity contribution in [2.75, 3.05) is 32.2 Å². The van der Waals surface area contributed by atoms with E-state index in [2.05, 4.69) is 11.8 Å². The minimum atomic E-state index is 0.112. The van der Waals surface area contributed by atoms with Gasteiger partial charge >= 0.3 is 0 Å². The SMILES string of the molecule is COc1cccc(OC)c1CN1CC(=O)N(c2ccc(C)cc2)C[C@H]1C. The van der Waals surface area contributed by atoms with E-state index in [1.165, 1.54) is 5.56 Å². The maximum absolute atomic E-state index is 12.8. The second kappa shape index (κ2) is 7.79. The third kappa shape index (κ3) is 3.68. The van der Waals surface area contributed by atoms with Crippen LogP contribution in [0.25, 0.3) is 0 Å². The Morgan fingerprint density at radius 3 is 2.23 bits per heavy atom. The smallest absolute Gasteiger partial charge is 0.241 e.